The minimum atomic E-state index is 0.464. The smallest absolute Gasteiger partial charge is 0.0247 e. The van der Waals surface area contributed by atoms with Crippen molar-refractivity contribution in [3.05, 3.63) is 58.9 Å². The van der Waals surface area contributed by atoms with Crippen LogP contribution < -0.4 is 0 Å². The Morgan fingerprint density at radius 3 is 2.56 bits per heavy atom. The Labute approximate surface area is 110 Å². The molecule has 0 fully saturated rings. The SMILES string of the molecule is CCCn1cccc1C(C)c1ccc(C)c(C)c1. The fourth-order valence-electron chi connectivity index (χ4n) is 2.47. The van der Waals surface area contributed by atoms with E-state index in [-0.39, 0.29) is 0 Å². The Kier molecular flexibility index (Phi) is 3.90. The summed E-state index contributed by atoms with van der Waals surface area (Å²) in [5.41, 5.74) is 5.58. The van der Waals surface area contributed by atoms with Crippen molar-refractivity contribution in [1.82, 2.24) is 4.57 Å². The number of hydrogen-bond donors (Lipinski definition) is 0. The monoisotopic (exact) mass is 241 g/mol. The van der Waals surface area contributed by atoms with Gasteiger partial charge in [0.25, 0.3) is 0 Å². The molecule has 0 bridgehead atoms. The molecule has 96 valence electrons. The minimum Gasteiger partial charge on any atom is -0.351 e. The highest BCUT2D eigenvalue weighted by Crippen LogP contribution is 2.26. The summed E-state index contributed by atoms with van der Waals surface area (Å²) < 4.78 is 2.37. The maximum absolute atomic E-state index is 2.37. The van der Waals surface area contributed by atoms with Gasteiger partial charge in [-0.05, 0) is 49.1 Å². The molecule has 1 heterocycles. The third-order valence-electron chi connectivity index (χ3n) is 3.80. The predicted molar refractivity (Wildman–Crippen MR) is 78.2 cm³/mol. The van der Waals surface area contributed by atoms with Gasteiger partial charge in [0.05, 0.1) is 0 Å². The molecule has 0 aliphatic carbocycles. The summed E-state index contributed by atoms with van der Waals surface area (Å²) in [6.07, 6.45) is 3.37. The van der Waals surface area contributed by atoms with Crippen molar-refractivity contribution in [2.24, 2.45) is 0 Å². The first kappa shape index (κ1) is 12.9. The van der Waals surface area contributed by atoms with E-state index in [2.05, 4.69) is 68.8 Å². The van der Waals surface area contributed by atoms with E-state index < -0.39 is 0 Å². The van der Waals surface area contributed by atoms with E-state index in [1.54, 1.807) is 0 Å². The summed E-state index contributed by atoms with van der Waals surface area (Å²) >= 11 is 0. The van der Waals surface area contributed by atoms with Crippen LogP contribution in [0.4, 0.5) is 0 Å². The fourth-order valence-corrected chi connectivity index (χ4v) is 2.47. The van der Waals surface area contributed by atoms with Crippen LogP contribution in [0.25, 0.3) is 0 Å². The van der Waals surface area contributed by atoms with Gasteiger partial charge >= 0.3 is 0 Å². The molecule has 0 saturated heterocycles. The molecule has 1 nitrogen and oxygen atoms in total. The van der Waals surface area contributed by atoms with E-state index in [9.17, 15) is 0 Å². The van der Waals surface area contributed by atoms with Crippen LogP contribution in [0.3, 0.4) is 0 Å². The highest BCUT2D eigenvalue weighted by Gasteiger charge is 2.12. The maximum Gasteiger partial charge on any atom is 0.0247 e. The Hall–Kier alpha value is -1.50. The Morgan fingerprint density at radius 1 is 1.11 bits per heavy atom. The van der Waals surface area contributed by atoms with Gasteiger partial charge in [-0.1, -0.05) is 32.0 Å². The molecule has 0 spiro atoms. The fraction of sp³-hybridized carbons (Fsp3) is 0.412. The van der Waals surface area contributed by atoms with E-state index in [0.29, 0.717) is 5.92 Å². The molecule has 0 aliphatic heterocycles. The van der Waals surface area contributed by atoms with Crippen LogP contribution in [0.2, 0.25) is 0 Å². The maximum atomic E-state index is 2.37. The number of benzene rings is 1. The molecule has 2 aromatic rings. The highest BCUT2D eigenvalue weighted by atomic mass is 15.0. The molecule has 2 rings (SSSR count). The third-order valence-corrected chi connectivity index (χ3v) is 3.80. The zero-order chi connectivity index (χ0) is 13.1. The second kappa shape index (κ2) is 5.43. The van der Waals surface area contributed by atoms with Crippen molar-refractivity contribution in [2.45, 2.75) is 46.6 Å². The Balaban J connectivity index is 2.32. The molecule has 1 unspecified atom stereocenters. The number of hydrogen-bond acceptors (Lipinski definition) is 0. The molecule has 0 amide bonds. The zero-order valence-corrected chi connectivity index (χ0v) is 11.9. The van der Waals surface area contributed by atoms with Gasteiger partial charge in [-0.15, -0.1) is 0 Å². The molecule has 1 heteroatoms. The Morgan fingerprint density at radius 2 is 1.89 bits per heavy atom. The van der Waals surface area contributed by atoms with Crippen molar-refractivity contribution in [2.75, 3.05) is 0 Å². The summed E-state index contributed by atoms with van der Waals surface area (Å²) in [5.74, 6) is 0.464. The first-order chi connectivity index (χ1) is 8.63. The molecule has 0 aliphatic rings. The lowest BCUT2D eigenvalue weighted by Crippen LogP contribution is -2.06. The summed E-state index contributed by atoms with van der Waals surface area (Å²) in [6.45, 7) is 9.99. The average molecular weight is 241 g/mol. The highest BCUT2D eigenvalue weighted by molar-refractivity contribution is 5.35. The largest absolute Gasteiger partial charge is 0.351 e. The first-order valence-corrected chi connectivity index (χ1v) is 6.85. The van der Waals surface area contributed by atoms with Gasteiger partial charge in [0.2, 0.25) is 0 Å². The van der Waals surface area contributed by atoms with E-state index in [4.69, 9.17) is 0 Å². The molecule has 0 N–H and O–H groups in total. The van der Waals surface area contributed by atoms with E-state index in [0.717, 1.165) is 6.54 Å². The second-order valence-corrected chi connectivity index (χ2v) is 5.19. The molecule has 1 aromatic carbocycles. The Bertz CT molecular complexity index is 522. The van der Waals surface area contributed by atoms with Gasteiger partial charge in [-0.3, -0.25) is 0 Å². The number of aromatic nitrogens is 1. The van der Waals surface area contributed by atoms with Crippen molar-refractivity contribution < 1.29 is 0 Å². The minimum absolute atomic E-state index is 0.464. The van der Waals surface area contributed by atoms with Gasteiger partial charge < -0.3 is 4.57 Å². The van der Waals surface area contributed by atoms with E-state index >= 15 is 0 Å². The van der Waals surface area contributed by atoms with Crippen LogP contribution in [-0.4, -0.2) is 4.57 Å². The van der Waals surface area contributed by atoms with Gasteiger partial charge in [0, 0.05) is 24.4 Å². The summed E-state index contributed by atoms with van der Waals surface area (Å²) in [6, 6.07) is 11.2. The first-order valence-electron chi connectivity index (χ1n) is 6.85. The van der Waals surface area contributed by atoms with Crippen LogP contribution in [0.5, 0.6) is 0 Å². The average Bonchev–Trinajstić information content (AvgIpc) is 2.80. The van der Waals surface area contributed by atoms with Crippen LogP contribution in [-0.2, 0) is 6.54 Å². The quantitative estimate of drug-likeness (QED) is 0.733. The topological polar surface area (TPSA) is 4.93 Å². The molecule has 0 radical (unpaired) electrons. The number of rotatable bonds is 4. The van der Waals surface area contributed by atoms with Gasteiger partial charge in [-0.25, -0.2) is 0 Å². The second-order valence-electron chi connectivity index (χ2n) is 5.19. The molecule has 1 aromatic heterocycles. The van der Waals surface area contributed by atoms with Crippen molar-refractivity contribution in [1.29, 1.82) is 0 Å². The van der Waals surface area contributed by atoms with Crippen molar-refractivity contribution >= 4 is 0 Å². The van der Waals surface area contributed by atoms with E-state index in [1.165, 1.54) is 28.8 Å². The summed E-state index contributed by atoms with van der Waals surface area (Å²) in [7, 11) is 0. The molecule has 1 atom stereocenters. The van der Waals surface area contributed by atoms with Gasteiger partial charge in [-0.2, -0.15) is 0 Å². The summed E-state index contributed by atoms with van der Waals surface area (Å²) in [4.78, 5) is 0. The third kappa shape index (κ3) is 2.50. The molecular formula is C17H23N. The van der Waals surface area contributed by atoms with Crippen molar-refractivity contribution in [3.63, 3.8) is 0 Å². The molecular weight excluding hydrogens is 218 g/mol. The lowest BCUT2D eigenvalue weighted by atomic mass is 9.94. The van der Waals surface area contributed by atoms with Crippen molar-refractivity contribution in [3.8, 4) is 0 Å². The van der Waals surface area contributed by atoms with Gasteiger partial charge in [0.1, 0.15) is 0 Å². The summed E-state index contributed by atoms with van der Waals surface area (Å²) in [5, 5.41) is 0. The lowest BCUT2D eigenvalue weighted by molar-refractivity contribution is 0.634. The van der Waals surface area contributed by atoms with Crippen LogP contribution in [0.1, 0.15) is 48.6 Å². The van der Waals surface area contributed by atoms with Crippen LogP contribution in [0, 0.1) is 13.8 Å². The molecule has 0 saturated carbocycles. The van der Waals surface area contributed by atoms with E-state index in [1.807, 2.05) is 0 Å². The number of aryl methyl sites for hydroxylation is 3. The van der Waals surface area contributed by atoms with Gasteiger partial charge in [0.15, 0.2) is 0 Å². The zero-order valence-electron chi connectivity index (χ0n) is 11.9. The predicted octanol–water partition coefficient (Wildman–Crippen LogP) is 4.67. The lowest BCUT2D eigenvalue weighted by Gasteiger charge is -2.17. The standard InChI is InChI=1S/C17H23N/c1-5-10-18-11-6-7-17(18)15(4)16-9-8-13(2)14(3)12-16/h6-9,11-12,15H,5,10H2,1-4H3. The van der Waals surface area contributed by atoms with Crippen LogP contribution in [0.15, 0.2) is 36.5 Å². The number of nitrogens with zero attached hydrogens (tertiary/aromatic N) is 1. The van der Waals surface area contributed by atoms with Crippen LogP contribution >= 0.6 is 0 Å². The normalized spacial score (nSPS) is 12.7. The molecule has 18 heavy (non-hydrogen) atoms.